The SMILES string of the molecule is CCCn1nc(-c2coc3ccccc23)c2cnc(C#N)cc21. The van der Waals surface area contributed by atoms with Gasteiger partial charge in [0.2, 0.25) is 0 Å². The summed E-state index contributed by atoms with van der Waals surface area (Å²) in [5.41, 5.74) is 3.96. The molecule has 1 aromatic carbocycles. The molecule has 0 amide bonds. The molecule has 4 rings (SSSR count). The maximum Gasteiger partial charge on any atom is 0.142 e. The summed E-state index contributed by atoms with van der Waals surface area (Å²) in [6, 6.07) is 11.8. The topological polar surface area (TPSA) is 67.6 Å². The Morgan fingerprint density at radius 2 is 2.13 bits per heavy atom. The summed E-state index contributed by atoms with van der Waals surface area (Å²) in [6.45, 7) is 2.90. The highest BCUT2D eigenvalue weighted by Gasteiger charge is 2.17. The largest absolute Gasteiger partial charge is 0.464 e. The lowest BCUT2D eigenvalue weighted by atomic mass is 10.1. The standard InChI is InChI=1S/C18H14N4O/c1-2-7-22-16-8-12(9-19)20-10-14(16)18(21-22)15-11-23-17-6-4-3-5-13(15)17/h3-6,8,10-11H,2,7H2,1H3. The Kier molecular flexibility index (Phi) is 3.09. The molecule has 112 valence electrons. The van der Waals surface area contributed by atoms with Gasteiger partial charge in [0.1, 0.15) is 29.3 Å². The van der Waals surface area contributed by atoms with Gasteiger partial charge in [-0.25, -0.2) is 4.98 Å². The fraction of sp³-hybridized carbons (Fsp3) is 0.167. The van der Waals surface area contributed by atoms with Crippen molar-refractivity contribution in [3.63, 3.8) is 0 Å². The Labute approximate surface area is 132 Å². The molecule has 5 heteroatoms. The highest BCUT2D eigenvalue weighted by Crippen LogP contribution is 2.34. The molecule has 0 aliphatic carbocycles. The number of nitriles is 1. The van der Waals surface area contributed by atoms with E-state index < -0.39 is 0 Å². The van der Waals surface area contributed by atoms with Crippen LogP contribution in [0.1, 0.15) is 19.0 Å². The van der Waals surface area contributed by atoms with E-state index in [4.69, 9.17) is 14.8 Å². The minimum absolute atomic E-state index is 0.401. The molecule has 0 aliphatic heterocycles. The van der Waals surface area contributed by atoms with Gasteiger partial charge in [-0.05, 0) is 12.5 Å². The number of aryl methyl sites for hydroxylation is 1. The van der Waals surface area contributed by atoms with Gasteiger partial charge >= 0.3 is 0 Å². The number of fused-ring (bicyclic) bond motifs is 2. The van der Waals surface area contributed by atoms with E-state index in [1.54, 1.807) is 18.5 Å². The zero-order valence-corrected chi connectivity index (χ0v) is 12.7. The van der Waals surface area contributed by atoms with E-state index in [9.17, 15) is 0 Å². The molecule has 4 aromatic rings. The van der Waals surface area contributed by atoms with Crippen molar-refractivity contribution in [3.05, 3.63) is 48.5 Å². The van der Waals surface area contributed by atoms with Crippen molar-refractivity contribution in [2.24, 2.45) is 0 Å². The second-order valence-corrected chi connectivity index (χ2v) is 5.42. The van der Waals surface area contributed by atoms with Crippen molar-refractivity contribution >= 4 is 21.9 Å². The van der Waals surface area contributed by atoms with Gasteiger partial charge in [0.15, 0.2) is 0 Å². The zero-order chi connectivity index (χ0) is 15.8. The molecule has 23 heavy (non-hydrogen) atoms. The molecular weight excluding hydrogens is 288 g/mol. The Balaban J connectivity index is 2.02. The Hall–Kier alpha value is -3.13. The number of para-hydroxylation sites is 1. The van der Waals surface area contributed by atoms with Gasteiger partial charge < -0.3 is 4.42 Å². The number of pyridine rings is 1. The molecule has 5 nitrogen and oxygen atoms in total. The van der Waals surface area contributed by atoms with Gasteiger partial charge in [0, 0.05) is 35.1 Å². The number of rotatable bonds is 3. The van der Waals surface area contributed by atoms with Gasteiger partial charge in [-0.2, -0.15) is 10.4 Å². The number of aromatic nitrogens is 3. The van der Waals surface area contributed by atoms with Crippen LogP contribution in [-0.4, -0.2) is 14.8 Å². The fourth-order valence-corrected chi connectivity index (χ4v) is 2.87. The van der Waals surface area contributed by atoms with E-state index in [0.717, 1.165) is 46.1 Å². The third-order valence-electron chi connectivity index (χ3n) is 3.92. The quantitative estimate of drug-likeness (QED) is 0.570. The average molecular weight is 302 g/mol. The van der Waals surface area contributed by atoms with Crippen LogP contribution in [0.5, 0.6) is 0 Å². The fourth-order valence-electron chi connectivity index (χ4n) is 2.87. The molecule has 0 fully saturated rings. The van der Waals surface area contributed by atoms with Gasteiger partial charge in [0.25, 0.3) is 0 Å². The molecule has 0 saturated carbocycles. The lowest BCUT2D eigenvalue weighted by molar-refractivity contribution is 0.613. The first-order chi connectivity index (χ1) is 11.3. The van der Waals surface area contributed by atoms with Gasteiger partial charge in [-0.1, -0.05) is 25.1 Å². The van der Waals surface area contributed by atoms with Crippen molar-refractivity contribution in [3.8, 4) is 17.3 Å². The molecule has 0 saturated heterocycles. The number of nitrogens with zero attached hydrogens (tertiary/aromatic N) is 4. The Bertz CT molecular complexity index is 1050. The van der Waals surface area contributed by atoms with Crippen LogP contribution in [0.3, 0.4) is 0 Å². The van der Waals surface area contributed by atoms with Crippen molar-refractivity contribution < 1.29 is 4.42 Å². The molecule has 0 unspecified atom stereocenters. The van der Waals surface area contributed by atoms with E-state index >= 15 is 0 Å². The monoisotopic (exact) mass is 302 g/mol. The predicted molar refractivity (Wildman–Crippen MR) is 87.7 cm³/mol. The summed E-state index contributed by atoms with van der Waals surface area (Å²) >= 11 is 0. The molecular formula is C18H14N4O. The molecule has 0 spiro atoms. The molecule has 0 aliphatic rings. The minimum Gasteiger partial charge on any atom is -0.464 e. The van der Waals surface area contributed by atoms with Crippen molar-refractivity contribution in [2.45, 2.75) is 19.9 Å². The molecule has 3 aromatic heterocycles. The van der Waals surface area contributed by atoms with E-state index in [0.29, 0.717) is 5.69 Å². The Morgan fingerprint density at radius 1 is 1.26 bits per heavy atom. The zero-order valence-electron chi connectivity index (χ0n) is 12.7. The summed E-state index contributed by atoms with van der Waals surface area (Å²) in [4.78, 5) is 4.20. The minimum atomic E-state index is 0.401. The van der Waals surface area contributed by atoms with Crippen molar-refractivity contribution in [1.29, 1.82) is 5.26 Å². The third-order valence-corrected chi connectivity index (χ3v) is 3.92. The second-order valence-electron chi connectivity index (χ2n) is 5.42. The Morgan fingerprint density at radius 3 is 2.96 bits per heavy atom. The highest BCUT2D eigenvalue weighted by atomic mass is 16.3. The van der Waals surface area contributed by atoms with Crippen LogP contribution in [0.4, 0.5) is 0 Å². The molecule has 3 heterocycles. The normalized spacial score (nSPS) is 11.1. The molecule has 0 N–H and O–H groups in total. The first-order valence-electron chi connectivity index (χ1n) is 7.55. The lowest BCUT2D eigenvalue weighted by Crippen LogP contribution is -1.99. The van der Waals surface area contributed by atoms with E-state index in [2.05, 4.69) is 18.0 Å². The highest BCUT2D eigenvalue weighted by molar-refractivity contribution is 6.02. The summed E-state index contributed by atoms with van der Waals surface area (Å²) < 4.78 is 7.58. The van der Waals surface area contributed by atoms with E-state index in [1.165, 1.54) is 0 Å². The van der Waals surface area contributed by atoms with Gasteiger partial charge in [-0.3, -0.25) is 4.68 Å². The second kappa shape index (κ2) is 5.25. The molecule has 0 radical (unpaired) electrons. The number of benzene rings is 1. The van der Waals surface area contributed by atoms with Crippen LogP contribution in [-0.2, 0) is 6.54 Å². The first kappa shape index (κ1) is 13.5. The van der Waals surface area contributed by atoms with Crippen molar-refractivity contribution in [1.82, 2.24) is 14.8 Å². The maximum atomic E-state index is 9.09. The average Bonchev–Trinajstić information content (AvgIpc) is 3.16. The molecule has 0 atom stereocenters. The number of hydrogen-bond acceptors (Lipinski definition) is 4. The first-order valence-corrected chi connectivity index (χ1v) is 7.55. The van der Waals surface area contributed by atoms with Gasteiger partial charge in [0.05, 0.1) is 5.52 Å². The van der Waals surface area contributed by atoms with Crippen LogP contribution < -0.4 is 0 Å². The summed E-state index contributed by atoms with van der Waals surface area (Å²) in [5.74, 6) is 0. The summed E-state index contributed by atoms with van der Waals surface area (Å²) in [7, 11) is 0. The van der Waals surface area contributed by atoms with Crippen molar-refractivity contribution in [2.75, 3.05) is 0 Å². The summed E-state index contributed by atoms with van der Waals surface area (Å²) in [5, 5.41) is 15.8. The van der Waals surface area contributed by atoms with Crippen LogP contribution in [0.25, 0.3) is 33.1 Å². The van der Waals surface area contributed by atoms with Gasteiger partial charge in [-0.15, -0.1) is 0 Å². The maximum absolute atomic E-state index is 9.09. The smallest absolute Gasteiger partial charge is 0.142 e. The molecule has 0 bridgehead atoms. The number of hydrogen-bond donors (Lipinski definition) is 0. The predicted octanol–water partition coefficient (Wildman–Crippen LogP) is 4.13. The number of furan rings is 1. The third kappa shape index (κ3) is 2.08. The van der Waals surface area contributed by atoms with Crippen LogP contribution >= 0.6 is 0 Å². The lowest BCUT2D eigenvalue weighted by Gasteiger charge is -1.99. The van der Waals surface area contributed by atoms with Crippen LogP contribution in [0, 0.1) is 11.3 Å². The van der Waals surface area contributed by atoms with E-state index in [1.807, 2.05) is 28.9 Å². The van der Waals surface area contributed by atoms with Crippen LogP contribution in [0.15, 0.2) is 47.2 Å². The van der Waals surface area contributed by atoms with E-state index in [-0.39, 0.29) is 0 Å². The van der Waals surface area contributed by atoms with Crippen LogP contribution in [0.2, 0.25) is 0 Å². The summed E-state index contributed by atoms with van der Waals surface area (Å²) in [6.07, 6.45) is 4.43.